The Morgan fingerprint density at radius 1 is 1.06 bits per heavy atom. The van der Waals surface area contributed by atoms with Gasteiger partial charge in [0.25, 0.3) is 10.0 Å². The predicted molar refractivity (Wildman–Crippen MR) is 124 cm³/mol. The monoisotopic (exact) mass is 483 g/mol. The van der Waals surface area contributed by atoms with Crippen LogP contribution in [0.2, 0.25) is 10.0 Å². The largest absolute Gasteiger partial charge is 0.444 e. The van der Waals surface area contributed by atoms with Crippen LogP contribution in [0, 0.1) is 0 Å². The number of amides is 1. The van der Waals surface area contributed by atoms with Crippen molar-refractivity contribution in [3.63, 3.8) is 0 Å². The molecule has 7 nitrogen and oxygen atoms in total. The summed E-state index contributed by atoms with van der Waals surface area (Å²) >= 11 is 12.3. The molecule has 0 aliphatic heterocycles. The van der Waals surface area contributed by atoms with Crippen molar-refractivity contribution in [3.05, 3.63) is 58.2 Å². The fourth-order valence-electron chi connectivity index (χ4n) is 2.92. The highest BCUT2D eigenvalue weighted by molar-refractivity contribution is 7.92. The van der Waals surface area contributed by atoms with E-state index in [1.807, 2.05) is 0 Å². The molecule has 0 saturated heterocycles. The van der Waals surface area contributed by atoms with Crippen molar-refractivity contribution in [2.24, 2.45) is 0 Å². The molecule has 0 unspecified atom stereocenters. The zero-order chi connectivity index (χ0) is 22.8. The Morgan fingerprint density at radius 3 is 2.39 bits per heavy atom. The number of fused-ring (bicyclic) bond motifs is 1. The average Bonchev–Trinajstić information content (AvgIpc) is 3.06. The number of benzene rings is 2. The van der Waals surface area contributed by atoms with Crippen LogP contribution >= 0.6 is 23.2 Å². The summed E-state index contributed by atoms with van der Waals surface area (Å²) < 4.78 is 33.4. The Labute approximate surface area is 191 Å². The number of hydrogen-bond donors (Lipinski definition) is 3. The normalized spacial score (nSPS) is 12.0. The van der Waals surface area contributed by atoms with Gasteiger partial charge in [-0.2, -0.15) is 0 Å². The first-order valence-electron chi connectivity index (χ1n) is 9.50. The second-order valence-corrected chi connectivity index (χ2v) is 10.4. The van der Waals surface area contributed by atoms with E-state index < -0.39 is 21.7 Å². The fourth-order valence-corrected chi connectivity index (χ4v) is 4.55. The van der Waals surface area contributed by atoms with E-state index in [2.05, 4.69) is 15.0 Å². The van der Waals surface area contributed by atoms with Gasteiger partial charge in [0.1, 0.15) is 5.60 Å². The smallest absolute Gasteiger partial charge is 0.407 e. The first kappa shape index (κ1) is 23.2. The summed E-state index contributed by atoms with van der Waals surface area (Å²) in [4.78, 5) is 14.7. The van der Waals surface area contributed by atoms with Gasteiger partial charge in [-0.25, -0.2) is 13.2 Å². The quantitative estimate of drug-likeness (QED) is 0.440. The van der Waals surface area contributed by atoms with Crippen molar-refractivity contribution in [1.82, 2.24) is 10.3 Å². The molecule has 1 heterocycles. The molecular weight excluding hydrogens is 461 g/mol. The molecule has 0 aliphatic carbocycles. The lowest BCUT2D eigenvalue weighted by Crippen LogP contribution is -2.33. The molecule has 166 valence electrons. The number of sulfonamides is 1. The summed E-state index contributed by atoms with van der Waals surface area (Å²) in [6.07, 6.45) is 1.59. The topological polar surface area (TPSA) is 100 Å². The van der Waals surface area contributed by atoms with Crippen molar-refractivity contribution in [3.8, 4) is 0 Å². The Hall–Kier alpha value is -2.42. The number of H-pyrrole nitrogens is 1. The molecule has 3 rings (SSSR count). The summed E-state index contributed by atoms with van der Waals surface area (Å²) in [5.41, 5.74) is 1.16. The summed E-state index contributed by atoms with van der Waals surface area (Å²) in [7, 11) is -3.83. The van der Waals surface area contributed by atoms with Crippen LogP contribution in [-0.4, -0.2) is 31.6 Å². The van der Waals surface area contributed by atoms with Gasteiger partial charge in [-0.3, -0.25) is 4.72 Å². The van der Waals surface area contributed by atoms with Crippen LogP contribution in [0.15, 0.2) is 47.5 Å². The van der Waals surface area contributed by atoms with Gasteiger partial charge in [0.05, 0.1) is 26.1 Å². The number of carbonyl (C=O) groups excluding carboxylic acids is 1. The minimum atomic E-state index is -3.83. The Morgan fingerprint density at radius 2 is 1.74 bits per heavy atom. The third kappa shape index (κ3) is 5.84. The van der Waals surface area contributed by atoms with Gasteiger partial charge >= 0.3 is 6.09 Å². The van der Waals surface area contributed by atoms with Crippen LogP contribution in [0.4, 0.5) is 10.5 Å². The van der Waals surface area contributed by atoms with Crippen molar-refractivity contribution >= 4 is 55.9 Å². The highest BCUT2D eigenvalue weighted by Gasteiger charge is 2.18. The van der Waals surface area contributed by atoms with Gasteiger partial charge < -0.3 is 15.0 Å². The van der Waals surface area contributed by atoms with E-state index >= 15 is 0 Å². The highest BCUT2D eigenvalue weighted by atomic mass is 35.5. The number of aromatic amines is 1. The van der Waals surface area contributed by atoms with Crippen molar-refractivity contribution < 1.29 is 17.9 Å². The van der Waals surface area contributed by atoms with E-state index in [-0.39, 0.29) is 4.90 Å². The fraction of sp³-hybridized carbons (Fsp3) is 0.286. The molecule has 1 aromatic heterocycles. The first-order chi connectivity index (χ1) is 14.5. The minimum absolute atomic E-state index is 0.108. The van der Waals surface area contributed by atoms with Crippen LogP contribution in [-0.2, 0) is 21.2 Å². The maximum absolute atomic E-state index is 12.8. The van der Waals surface area contributed by atoms with E-state index in [0.717, 1.165) is 5.56 Å². The Balaban J connectivity index is 1.67. The molecule has 3 aromatic rings. The van der Waals surface area contributed by atoms with Crippen LogP contribution in [0.3, 0.4) is 0 Å². The van der Waals surface area contributed by atoms with E-state index in [0.29, 0.717) is 39.6 Å². The van der Waals surface area contributed by atoms with Gasteiger partial charge in [-0.1, -0.05) is 35.3 Å². The zero-order valence-corrected chi connectivity index (χ0v) is 19.6. The molecule has 1 amide bonds. The number of aromatic nitrogens is 1. The van der Waals surface area contributed by atoms with E-state index in [9.17, 15) is 13.2 Å². The number of halogens is 2. The maximum atomic E-state index is 12.8. The minimum Gasteiger partial charge on any atom is -0.444 e. The van der Waals surface area contributed by atoms with Crippen LogP contribution in [0.1, 0.15) is 26.3 Å². The molecule has 0 radical (unpaired) electrons. The molecule has 0 saturated carbocycles. The summed E-state index contributed by atoms with van der Waals surface area (Å²) in [5.74, 6) is 0. The van der Waals surface area contributed by atoms with Crippen LogP contribution in [0.25, 0.3) is 10.9 Å². The number of rotatable bonds is 6. The van der Waals surface area contributed by atoms with Crippen molar-refractivity contribution in [2.45, 2.75) is 37.7 Å². The zero-order valence-electron chi connectivity index (χ0n) is 17.3. The van der Waals surface area contributed by atoms with Crippen molar-refractivity contribution in [2.75, 3.05) is 11.3 Å². The number of hydrogen-bond acceptors (Lipinski definition) is 4. The molecule has 0 aliphatic rings. The van der Waals surface area contributed by atoms with Gasteiger partial charge in [-0.15, -0.1) is 0 Å². The number of alkyl carbamates (subject to hydrolysis) is 1. The number of anilines is 1. The second kappa shape index (κ2) is 8.98. The van der Waals surface area contributed by atoms with E-state index in [1.165, 1.54) is 12.1 Å². The maximum Gasteiger partial charge on any atom is 0.407 e. The van der Waals surface area contributed by atoms with Crippen LogP contribution in [0.5, 0.6) is 0 Å². The molecule has 0 fully saturated rings. The van der Waals surface area contributed by atoms with Gasteiger partial charge in [0.15, 0.2) is 0 Å². The highest BCUT2D eigenvalue weighted by Crippen LogP contribution is 2.35. The third-order valence-corrected chi connectivity index (χ3v) is 6.29. The summed E-state index contributed by atoms with van der Waals surface area (Å²) in [5, 5.41) is 4.06. The molecule has 0 spiro atoms. The molecule has 31 heavy (non-hydrogen) atoms. The molecule has 0 atom stereocenters. The Kier molecular flexibility index (Phi) is 6.73. The van der Waals surface area contributed by atoms with E-state index in [1.54, 1.807) is 51.2 Å². The van der Waals surface area contributed by atoms with E-state index in [4.69, 9.17) is 27.9 Å². The predicted octanol–water partition coefficient (Wildman–Crippen LogP) is 5.34. The Bertz CT molecular complexity index is 1200. The molecule has 10 heteroatoms. The summed E-state index contributed by atoms with van der Waals surface area (Å²) in [6, 6.07) is 9.59. The number of carbonyl (C=O) groups is 1. The average molecular weight is 484 g/mol. The lowest BCUT2D eigenvalue weighted by molar-refractivity contribution is 0.0528. The third-order valence-electron chi connectivity index (χ3n) is 4.30. The van der Waals surface area contributed by atoms with Gasteiger partial charge in [-0.05, 0) is 57.0 Å². The lowest BCUT2D eigenvalue weighted by Gasteiger charge is -2.19. The van der Waals surface area contributed by atoms with Crippen LogP contribution < -0.4 is 10.0 Å². The molecular formula is C21H23Cl2N3O4S. The number of ether oxygens (including phenoxy) is 1. The first-order valence-corrected chi connectivity index (χ1v) is 11.7. The molecule has 0 bridgehead atoms. The lowest BCUT2D eigenvalue weighted by atomic mass is 10.1. The second-order valence-electron chi connectivity index (χ2n) is 7.91. The number of nitrogens with one attached hydrogen (secondary N) is 3. The van der Waals surface area contributed by atoms with Gasteiger partial charge in [0.2, 0.25) is 0 Å². The molecule has 2 aromatic carbocycles. The van der Waals surface area contributed by atoms with Crippen molar-refractivity contribution in [1.29, 1.82) is 0 Å². The standard InChI is InChI=1S/C21H23Cl2N3O4S/c1-21(2,3)30-20(27)24-11-10-13-4-6-14(7-5-13)31(28,29)26-17-9-8-15(22)18-16(23)12-25-19(17)18/h4-9,12,25-26H,10-11H2,1-3H3,(H,24,27). The SMILES string of the molecule is CC(C)(C)OC(=O)NCCc1ccc(S(=O)(=O)Nc2ccc(Cl)c3c(Cl)c[nH]c23)cc1. The summed E-state index contributed by atoms with van der Waals surface area (Å²) in [6.45, 7) is 5.74. The van der Waals surface area contributed by atoms with Gasteiger partial charge in [0, 0.05) is 18.1 Å². The molecule has 3 N–H and O–H groups in total.